The number of hydrogen-bond donors (Lipinski definition) is 3. The van der Waals surface area contributed by atoms with E-state index >= 15 is 0 Å². The zero-order valence-corrected chi connectivity index (χ0v) is 12.1. The normalized spacial score (nSPS) is 11.5. The molecule has 3 N–H and O–H groups in total. The van der Waals surface area contributed by atoms with Gasteiger partial charge in [-0.2, -0.15) is 0 Å². The van der Waals surface area contributed by atoms with Crippen LogP contribution in [0.4, 0.5) is 5.69 Å². The summed E-state index contributed by atoms with van der Waals surface area (Å²) in [6.45, 7) is 4.54. The molecule has 2 amide bonds. The molecule has 0 aliphatic carbocycles. The molecule has 0 aliphatic rings. The molecule has 1 rings (SSSR count). The first kappa shape index (κ1) is 16.0. The Morgan fingerprint density at radius 3 is 2.50 bits per heavy atom. The van der Waals surface area contributed by atoms with Crippen LogP contribution in [0.5, 0.6) is 0 Å². The van der Waals surface area contributed by atoms with Crippen LogP contribution in [0.1, 0.15) is 26.7 Å². The molecular weight excluding hydrogens is 254 g/mol. The molecular formula is C15H23N3O2. The Kier molecular flexibility index (Phi) is 7.17. The van der Waals surface area contributed by atoms with E-state index in [2.05, 4.69) is 16.0 Å². The van der Waals surface area contributed by atoms with Gasteiger partial charge in [-0.05, 0) is 25.5 Å². The van der Waals surface area contributed by atoms with Gasteiger partial charge in [0.15, 0.2) is 0 Å². The molecule has 1 aromatic rings. The van der Waals surface area contributed by atoms with E-state index in [4.69, 9.17) is 0 Å². The van der Waals surface area contributed by atoms with Gasteiger partial charge in [-0.1, -0.05) is 25.1 Å². The lowest BCUT2D eigenvalue weighted by Crippen LogP contribution is -2.36. The van der Waals surface area contributed by atoms with Crippen LogP contribution in [0, 0.1) is 0 Å². The highest BCUT2D eigenvalue weighted by atomic mass is 16.2. The first-order valence-electron chi connectivity index (χ1n) is 6.96. The Bertz CT molecular complexity index is 420. The number of nitrogens with one attached hydrogen (secondary N) is 3. The number of carbonyl (C=O) groups is 2. The summed E-state index contributed by atoms with van der Waals surface area (Å²) in [6.07, 6.45) is 1.21. The highest BCUT2D eigenvalue weighted by molar-refractivity contribution is 5.82. The van der Waals surface area contributed by atoms with Crippen LogP contribution in [0.15, 0.2) is 30.3 Å². The van der Waals surface area contributed by atoms with Crippen molar-refractivity contribution >= 4 is 17.5 Å². The quantitative estimate of drug-likeness (QED) is 0.674. The van der Waals surface area contributed by atoms with E-state index in [9.17, 15) is 9.59 Å². The zero-order valence-electron chi connectivity index (χ0n) is 12.1. The number of benzene rings is 1. The Morgan fingerprint density at radius 2 is 1.85 bits per heavy atom. The lowest BCUT2D eigenvalue weighted by Gasteiger charge is -2.11. The fraction of sp³-hybridized carbons (Fsp3) is 0.467. The predicted molar refractivity (Wildman–Crippen MR) is 80.5 cm³/mol. The van der Waals surface area contributed by atoms with Crippen LogP contribution in [0.3, 0.4) is 0 Å². The van der Waals surface area contributed by atoms with E-state index < -0.39 is 0 Å². The standard InChI is InChI=1S/C15H23N3O2/c1-3-12(2)18-14(19)9-10-16-15(20)11-17-13-7-5-4-6-8-13/h4-8,12,17H,3,9-11H2,1-2H3,(H,16,20)(H,18,19). The van der Waals surface area contributed by atoms with Crippen molar-refractivity contribution in [1.29, 1.82) is 0 Å². The first-order valence-corrected chi connectivity index (χ1v) is 6.96. The van der Waals surface area contributed by atoms with Crippen molar-refractivity contribution < 1.29 is 9.59 Å². The molecule has 0 radical (unpaired) electrons. The first-order chi connectivity index (χ1) is 9.61. The lowest BCUT2D eigenvalue weighted by molar-refractivity contribution is -0.122. The molecule has 0 saturated heterocycles. The Morgan fingerprint density at radius 1 is 1.15 bits per heavy atom. The Labute approximate surface area is 120 Å². The van der Waals surface area contributed by atoms with Gasteiger partial charge in [0.25, 0.3) is 0 Å². The van der Waals surface area contributed by atoms with E-state index in [1.54, 1.807) is 0 Å². The summed E-state index contributed by atoms with van der Waals surface area (Å²) >= 11 is 0. The Balaban J connectivity index is 2.13. The number of hydrogen-bond acceptors (Lipinski definition) is 3. The molecule has 0 heterocycles. The summed E-state index contributed by atoms with van der Waals surface area (Å²) < 4.78 is 0. The van der Waals surface area contributed by atoms with Gasteiger partial charge in [0.2, 0.25) is 11.8 Å². The number of rotatable bonds is 8. The van der Waals surface area contributed by atoms with Crippen LogP contribution in [0.25, 0.3) is 0 Å². The molecule has 0 aromatic heterocycles. The molecule has 0 saturated carbocycles. The predicted octanol–water partition coefficient (Wildman–Crippen LogP) is 1.52. The van der Waals surface area contributed by atoms with Crippen molar-refractivity contribution in [2.24, 2.45) is 0 Å². The monoisotopic (exact) mass is 277 g/mol. The molecule has 0 bridgehead atoms. The SMILES string of the molecule is CCC(C)NC(=O)CCNC(=O)CNc1ccccc1. The molecule has 1 aromatic carbocycles. The Hall–Kier alpha value is -2.04. The maximum Gasteiger partial charge on any atom is 0.239 e. The van der Waals surface area contributed by atoms with Crippen LogP contribution in [-0.2, 0) is 9.59 Å². The maximum absolute atomic E-state index is 11.6. The summed E-state index contributed by atoms with van der Waals surface area (Å²) in [4.78, 5) is 23.1. The summed E-state index contributed by atoms with van der Waals surface area (Å²) in [5.74, 6) is -0.152. The van der Waals surface area contributed by atoms with Gasteiger partial charge < -0.3 is 16.0 Å². The van der Waals surface area contributed by atoms with E-state index in [1.807, 2.05) is 44.2 Å². The van der Waals surface area contributed by atoms with Crippen molar-refractivity contribution in [3.8, 4) is 0 Å². The fourth-order valence-electron chi connectivity index (χ4n) is 1.57. The van der Waals surface area contributed by atoms with Crippen LogP contribution >= 0.6 is 0 Å². The third-order valence-electron chi connectivity index (χ3n) is 2.92. The molecule has 1 atom stereocenters. The van der Waals surface area contributed by atoms with Crippen LogP contribution < -0.4 is 16.0 Å². The molecule has 20 heavy (non-hydrogen) atoms. The third kappa shape index (κ3) is 6.78. The molecule has 1 unspecified atom stereocenters. The minimum atomic E-state index is -0.120. The average Bonchev–Trinajstić information content (AvgIpc) is 2.46. The van der Waals surface area contributed by atoms with E-state index in [-0.39, 0.29) is 24.4 Å². The minimum Gasteiger partial charge on any atom is -0.376 e. The molecule has 0 fully saturated rings. The van der Waals surface area contributed by atoms with Gasteiger partial charge in [-0.25, -0.2) is 0 Å². The largest absolute Gasteiger partial charge is 0.376 e. The number of carbonyl (C=O) groups excluding carboxylic acids is 2. The molecule has 110 valence electrons. The highest BCUT2D eigenvalue weighted by Gasteiger charge is 2.06. The maximum atomic E-state index is 11.6. The third-order valence-corrected chi connectivity index (χ3v) is 2.92. The van der Waals surface area contributed by atoms with Crippen LogP contribution in [0.2, 0.25) is 0 Å². The van der Waals surface area contributed by atoms with Gasteiger partial charge in [0.05, 0.1) is 6.54 Å². The highest BCUT2D eigenvalue weighted by Crippen LogP contribution is 2.03. The smallest absolute Gasteiger partial charge is 0.239 e. The average molecular weight is 277 g/mol. The van der Waals surface area contributed by atoms with Crippen molar-refractivity contribution in [1.82, 2.24) is 10.6 Å². The van der Waals surface area contributed by atoms with Gasteiger partial charge in [0, 0.05) is 24.7 Å². The second kappa shape index (κ2) is 8.96. The van der Waals surface area contributed by atoms with Gasteiger partial charge >= 0.3 is 0 Å². The zero-order chi connectivity index (χ0) is 14.8. The summed E-state index contributed by atoms with van der Waals surface area (Å²) in [5.41, 5.74) is 0.900. The van der Waals surface area contributed by atoms with E-state index in [0.29, 0.717) is 13.0 Å². The van der Waals surface area contributed by atoms with Gasteiger partial charge in [-0.15, -0.1) is 0 Å². The summed E-state index contributed by atoms with van der Waals surface area (Å²) in [6, 6.07) is 9.69. The van der Waals surface area contributed by atoms with Crippen molar-refractivity contribution in [3.63, 3.8) is 0 Å². The topological polar surface area (TPSA) is 70.2 Å². The molecule has 0 spiro atoms. The van der Waals surface area contributed by atoms with E-state index in [1.165, 1.54) is 0 Å². The van der Waals surface area contributed by atoms with Crippen molar-refractivity contribution in [2.45, 2.75) is 32.7 Å². The molecule has 5 nitrogen and oxygen atoms in total. The molecule has 0 aliphatic heterocycles. The minimum absolute atomic E-state index is 0.0318. The second-order valence-corrected chi connectivity index (χ2v) is 4.70. The number of para-hydroxylation sites is 1. The number of anilines is 1. The second-order valence-electron chi connectivity index (χ2n) is 4.70. The van der Waals surface area contributed by atoms with Gasteiger partial charge in [-0.3, -0.25) is 9.59 Å². The number of amides is 2. The summed E-state index contributed by atoms with van der Waals surface area (Å²) in [5, 5.41) is 8.58. The van der Waals surface area contributed by atoms with Crippen molar-refractivity contribution in [3.05, 3.63) is 30.3 Å². The van der Waals surface area contributed by atoms with E-state index in [0.717, 1.165) is 12.1 Å². The molecule has 5 heteroatoms. The van der Waals surface area contributed by atoms with Crippen molar-refractivity contribution in [2.75, 3.05) is 18.4 Å². The lowest BCUT2D eigenvalue weighted by atomic mass is 10.2. The fourth-order valence-corrected chi connectivity index (χ4v) is 1.57. The summed E-state index contributed by atoms with van der Waals surface area (Å²) in [7, 11) is 0. The van der Waals surface area contributed by atoms with Gasteiger partial charge in [0.1, 0.15) is 0 Å². The van der Waals surface area contributed by atoms with Crippen LogP contribution in [-0.4, -0.2) is 30.9 Å².